The van der Waals surface area contributed by atoms with E-state index in [2.05, 4.69) is 15.3 Å². The molecule has 0 aliphatic carbocycles. The Hall–Kier alpha value is -2.41. The van der Waals surface area contributed by atoms with Crippen LogP contribution in [0.5, 0.6) is 0 Å². The summed E-state index contributed by atoms with van der Waals surface area (Å²) in [4.78, 5) is 12.7. The molecular weight excluding hydrogens is 270 g/mol. The van der Waals surface area contributed by atoms with Gasteiger partial charge in [-0.25, -0.2) is 0 Å². The second-order valence-corrected chi connectivity index (χ2v) is 5.05. The second kappa shape index (κ2) is 6.36. The quantitative estimate of drug-likeness (QED) is 0.650. The molecule has 0 saturated carbocycles. The van der Waals surface area contributed by atoms with Crippen LogP contribution < -0.4 is 5.32 Å². The Morgan fingerprint density at radius 3 is 2.67 bits per heavy atom. The summed E-state index contributed by atoms with van der Waals surface area (Å²) in [5.74, 6) is 0. The fourth-order valence-electron chi connectivity index (χ4n) is 2.27. The van der Waals surface area contributed by atoms with Gasteiger partial charge in [0.05, 0.1) is 11.1 Å². The topological polar surface area (TPSA) is 76.2 Å². The van der Waals surface area contributed by atoms with E-state index in [0.717, 1.165) is 17.7 Å². The monoisotopic (exact) mass is 289 g/mol. The van der Waals surface area contributed by atoms with Crippen LogP contribution in [0.25, 0.3) is 0 Å². The van der Waals surface area contributed by atoms with Crippen molar-refractivity contribution in [3.05, 3.63) is 51.8 Å². The van der Waals surface area contributed by atoms with E-state index in [1.54, 1.807) is 23.9 Å². The number of hydrogen-bond donors (Lipinski definition) is 1. The highest BCUT2D eigenvalue weighted by molar-refractivity contribution is 5.62. The maximum absolute atomic E-state index is 10.9. The third kappa shape index (κ3) is 3.79. The first-order valence-corrected chi connectivity index (χ1v) is 6.60. The Kier molecular flexibility index (Phi) is 4.54. The molecule has 0 atom stereocenters. The molecule has 1 N–H and O–H groups in total. The molecule has 1 aromatic heterocycles. The summed E-state index contributed by atoms with van der Waals surface area (Å²) in [6, 6.07) is 5.15. The number of nitro benzene ring substituents is 1. The molecule has 0 saturated heterocycles. The minimum atomic E-state index is -0.380. The molecule has 2 aromatic rings. The highest BCUT2D eigenvalue weighted by Crippen LogP contribution is 2.25. The average molecular weight is 289 g/mol. The maximum atomic E-state index is 10.9. The van der Waals surface area contributed by atoms with Crippen LogP contribution in [-0.2, 0) is 20.1 Å². The first-order valence-electron chi connectivity index (χ1n) is 6.60. The predicted molar refractivity (Wildman–Crippen MR) is 81.0 cm³/mol. The lowest BCUT2D eigenvalue weighted by Crippen LogP contribution is -2.17. The number of nitrogens with one attached hydrogen (secondary N) is 1. The van der Waals surface area contributed by atoms with Crippen LogP contribution in [0, 0.1) is 10.1 Å². The van der Waals surface area contributed by atoms with Crippen molar-refractivity contribution in [2.45, 2.75) is 13.1 Å². The summed E-state index contributed by atoms with van der Waals surface area (Å²) in [6.07, 6.45) is 3.82. The highest BCUT2D eigenvalue weighted by atomic mass is 16.6. The van der Waals surface area contributed by atoms with E-state index in [4.69, 9.17) is 0 Å². The van der Waals surface area contributed by atoms with Crippen molar-refractivity contribution in [3.63, 3.8) is 0 Å². The van der Waals surface area contributed by atoms with Crippen LogP contribution in [0.3, 0.4) is 0 Å². The predicted octanol–water partition coefficient (Wildman–Crippen LogP) is 2.00. The van der Waals surface area contributed by atoms with Crippen molar-refractivity contribution in [3.8, 4) is 0 Å². The number of benzene rings is 1. The van der Waals surface area contributed by atoms with Gasteiger partial charge in [0.1, 0.15) is 5.69 Å². The Balaban J connectivity index is 2.06. The molecule has 0 spiro atoms. The van der Waals surface area contributed by atoms with Gasteiger partial charge in [-0.2, -0.15) is 5.10 Å². The van der Waals surface area contributed by atoms with Crippen LogP contribution >= 0.6 is 0 Å². The summed E-state index contributed by atoms with van der Waals surface area (Å²) < 4.78 is 1.77. The normalized spacial score (nSPS) is 10.9. The zero-order valence-corrected chi connectivity index (χ0v) is 12.4. The first kappa shape index (κ1) is 15.0. The minimum absolute atomic E-state index is 0.0937. The Morgan fingerprint density at radius 2 is 2.10 bits per heavy atom. The maximum Gasteiger partial charge on any atom is 0.292 e. The van der Waals surface area contributed by atoms with Gasteiger partial charge in [0.2, 0.25) is 0 Å². The molecule has 0 aliphatic rings. The van der Waals surface area contributed by atoms with Crippen LogP contribution in [0.4, 0.5) is 11.4 Å². The lowest BCUT2D eigenvalue weighted by Gasteiger charge is -2.16. The third-order valence-electron chi connectivity index (χ3n) is 3.19. The van der Waals surface area contributed by atoms with Gasteiger partial charge in [0.15, 0.2) is 0 Å². The van der Waals surface area contributed by atoms with Crippen LogP contribution in [0.15, 0.2) is 30.6 Å². The fourth-order valence-corrected chi connectivity index (χ4v) is 2.27. The van der Waals surface area contributed by atoms with Gasteiger partial charge < -0.3 is 5.32 Å². The van der Waals surface area contributed by atoms with Gasteiger partial charge in [-0.1, -0.05) is 6.07 Å². The van der Waals surface area contributed by atoms with E-state index in [1.807, 2.05) is 32.6 Å². The van der Waals surface area contributed by atoms with Crippen molar-refractivity contribution in [2.24, 2.45) is 7.05 Å². The molecule has 1 heterocycles. The lowest BCUT2D eigenvalue weighted by atomic mass is 10.1. The van der Waals surface area contributed by atoms with Crippen molar-refractivity contribution in [2.75, 3.05) is 19.4 Å². The standard InChI is InChI=1S/C14H19N5O2/c1-15-13-6-11(4-5-14(13)19(20)21)8-17(2)9-12-7-16-18(3)10-12/h4-7,10,15H,8-9H2,1-3H3. The molecular formula is C14H19N5O2. The van der Waals surface area contributed by atoms with Crippen LogP contribution in [-0.4, -0.2) is 33.7 Å². The molecule has 7 nitrogen and oxygen atoms in total. The largest absolute Gasteiger partial charge is 0.383 e. The number of nitrogens with zero attached hydrogens (tertiary/aromatic N) is 4. The van der Waals surface area contributed by atoms with E-state index < -0.39 is 0 Å². The summed E-state index contributed by atoms with van der Waals surface area (Å²) >= 11 is 0. The van der Waals surface area contributed by atoms with Gasteiger partial charge >= 0.3 is 0 Å². The molecule has 0 amide bonds. The molecule has 7 heteroatoms. The Bertz CT molecular complexity index is 638. The molecule has 112 valence electrons. The van der Waals surface area contributed by atoms with Crippen molar-refractivity contribution in [1.29, 1.82) is 0 Å². The molecule has 2 rings (SSSR count). The highest BCUT2D eigenvalue weighted by Gasteiger charge is 2.13. The van der Waals surface area contributed by atoms with Gasteiger partial charge in [-0.05, 0) is 18.7 Å². The van der Waals surface area contributed by atoms with Gasteiger partial charge in [-0.15, -0.1) is 0 Å². The van der Waals surface area contributed by atoms with Gasteiger partial charge in [-0.3, -0.25) is 19.7 Å². The zero-order valence-electron chi connectivity index (χ0n) is 12.4. The third-order valence-corrected chi connectivity index (χ3v) is 3.19. The fraction of sp³-hybridized carbons (Fsp3) is 0.357. The molecule has 0 fully saturated rings. The zero-order chi connectivity index (χ0) is 15.4. The van der Waals surface area contributed by atoms with E-state index in [0.29, 0.717) is 12.2 Å². The summed E-state index contributed by atoms with van der Waals surface area (Å²) in [5, 5.41) is 17.9. The van der Waals surface area contributed by atoms with Crippen molar-refractivity contribution < 1.29 is 4.92 Å². The van der Waals surface area contributed by atoms with Crippen molar-refractivity contribution >= 4 is 11.4 Å². The van der Waals surface area contributed by atoms with E-state index in [9.17, 15) is 10.1 Å². The first-order chi connectivity index (χ1) is 9.99. The number of rotatable bonds is 6. The number of hydrogen-bond acceptors (Lipinski definition) is 5. The SMILES string of the molecule is CNc1cc(CN(C)Cc2cnn(C)c2)ccc1[N+](=O)[O-]. The second-order valence-electron chi connectivity index (χ2n) is 5.05. The molecule has 0 radical (unpaired) electrons. The van der Waals surface area contributed by atoms with E-state index in [-0.39, 0.29) is 10.6 Å². The number of anilines is 1. The molecule has 0 aliphatic heterocycles. The lowest BCUT2D eigenvalue weighted by molar-refractivity contribution is -0.384. The summed E-state index contributed by atoms with van der Waals surface area (Å²) in [5.41, 5.74) is 2.79. The number of nitro groups is 1. The molecule has 0 bridgehead atoms. The minimum Gasteiger partial charge on any atom is -0.383 e. The van der Waals surface area contributed by atoms with Crippen molar-refractivity contribution in [1.82, 2.24) is 14.7 Å². The number of aromatic nitrogens is 2. The molecule has 0 unspecified atom stereocenters. The molecule has 21 heavy (non-hydrogen) atoms. The van der Waals surface area contributed by atoms with E-state index >= 15 is 0 Å². The Labute approximate surface area is 123 Å². The summed E-state index contributed by atoms with van der Waals surface area (Å²) in [6.45, 7) is 1.49. The van der Waals surface area contributed by atoms with Crippen LogP contribution in [0.2, 0.25) is 0 Å². The van der Waals surface area contributed by atoms with Crippen LogP contribution in [0.1, 0.15) is 11.1 Å². The number of aryl methyl sites for hydroxylation is 1. The summed E-state index contributed by atoms with van der Waals surface area (Å²) in [7, 11) is 5.58. The Morgan fingerprint density at radius 1 is 1.38 bits per heavy atom. The average Bonchev–Trinajstić information content (AvgIpc) is 2.83. The van der Waals surface area contributed by atoms with E-state index in [1.165, 1.54) is 0 Å². The smallest absolute Gasteiger partial charge is 0.292 e. The van der Waals surface area contributed by atoms with Gasteiger partial charge in [0.25, 0.3) is 5.69 Å². The molecule has 1 aromatic carbocycles. The van der Waals surface area contributed by atoms with Gasteiger partial charge in [0, 0.05) is 45.0 Å².